The first-order valence-electron chi connectivity index (χ1n) is 4.90. The molecule has 1 N–H and O–H groups in total. The second kappa shape index (κ2) is 4.61. The van der Waals surface area contributed by atoms with Crippen LogP contribution in [0.3, 0.4) is 0 Å². The third kappa shape index (κ3) is 2.06. The van der Waals surface area contributed by atoms with Gasteiger partial charge < -0.3 is 5.11 Å². The van der Waals surface area contributed by atoms with Crippen molar-refractivity contribution in [3.63, 3.8) is 0 Å². The summed E-state index contributed by atoms with van der Waals surface area (Å²) in [6.07, 6.45) is 5.27. The van der Waals surface area contributed by atoms with E-state index in [2.05, 4.69) is 31.0 Å². The van der Waals surface area contributed by atoms with E-state index in [9.17, 15) is 5.11 Å². The van der Waals surface area contributed by atoms with E-state index < -0.39 is 0 Å². The zero-order chi connectivity index (χ0) is 11.5. The minimum atomic E-state index is 0.0196. The summed E-state index contributed by atoms with van der Waals surface area (Å²) in [6, 6.07) is 0. The van der Waals surface area contributed by atoms with E-state index in [1.807, 2.05) is 11.6 Å². The molecule has 0 unspecified atom stereocenters. The van der Waals surface area contributed by atoms with Gasteiger partial charge in [-0.25, -0.2) is 9.97 Å². The predicted molar refractivity (Wildman–Crippen MR) is 62.1 cm³/mol. The Balaban J connectivity index is 2.27. The lowest BCUT2D eigenvalue weighted by atomic mass is 10.1. The van der Waals surface area contributed by atoms with Crippen LogP contribution in [0.5, 0.6) is 5.88 Å². The molecule has 0 aliphatic heterocycles. The summed E-state index contributed by atoms with van der Waals surface area (Å²) in [5, 5.41) is 13.7. The summed E-state index contributed by atoms with van der Waals surface area (Å²) in [5.41, 5.74) is 1.70. The van der Waals surface area contributed by atoms with Gasteiger partial charge in [0.2, 0.25) is 5.88 Å². The van der Waals surface area contributed by atoms with Crippen LogP contribution in [0.15, 0.2) is 23.3 Å². The van der Waals surface area contributed by atoms with Gasteiger partial charge in [0.25, 0.3) is 0 Å². The molecule has 2 heterocycles. The summed E-state index contributed by atoms with van der Waals surface area (Å²) in [5.74, 6) is 0.0196. The Morgan fingerprint density at radius 3 is 2.81 bits per heavy atom. The van der Waals surface area contributed by atoms with E-state index in [1.165, 1.54) is 6.33 Å². The molecule has 2 aromatic rings. The van der Waals surface area contributed by atoms with Crippen molar-refractivity contribution in [2.45, 2.75) is 19.9 Å². The number of nitrogens with zero attached hydrogens (tertiary/aromatic N) is 4. The molecule has 5 nitrogen and oxygen atoms in total. The van der Waals surface area contributed by atoms with Crippen molar-refractivity contribution in [1.82, 2.24) is 19.7 Å². The largest absolute Gasteiger partial charge is 0.493 e. The van der Waals surface area contributed by atoms with Gasteiger partial charge in [0.15, 0.2) is 0 Å². The van der Waals surface area contributed by atoms with Crippen LogP contribution in [0.2, 0.25) is 0 Å². The monoisotopic (exact) mass is 282 g/mol. The van der Waals surface area contributed by atoms with Gasteiger partial charge in [-0.2, -0.15) is 5.10 Å². The summed E-state index contributed by atoms with van der Waals surface area (Å²) in [6.45, 7) is 2.82. The standard InChI is InChI=1S/C10H11BrN4O/c1-2-15-9(11)7(5-14-15)3-8-4-12-6-13-10(8)16/h4-6H,2-3H2,1H3,(H,12,13,16). The normalized spacial score (nSPS) is 10.6. The molecule has 0 saturated heterocycles. The maximum absolute atomic E-state index is 9.53. The van der Waals surface area contributed by atoms with Crippen LogP contribution in [0.4, 0.5) is 0 Å². The van der Waals surface area contributed by atoms with Crippen LogP contribution in [-0.4, -0.2) is 24.9 Å². The fraction of sp³-hybridized carbons (Fsp3) is 0.300. The highest BCUT2D eigenvalue weighted by atomic mass is 79.9. The van der Waals surface area contributed by atoms with Crippen LogP contribution in [0.25, 0.3) is 0 Å². The molecule has 0 aliphatic rings. The summed E-state index contributed by atoms with van der Waals surface area (Å²) < 4.78 is 2.77. The van der Waals surface area contributed by atoms with Gasteiger partial charge in [-0.3, -0.25) is 4.68 Å². The number of rotatable bonds is 3. The molecule has 0 spiro atoms. The molecule has 2 rings (SSSR count). The number of aryl methyl sites for hydroxylation is 1. The molecule has 0 radical (unpaired) electrons. The van der Waals surface area contributed by atoms with Crippen molar-refractivity contribution in [1.29, 1.82) is 0 Å². The summed E-state index contributed by atoms with van der Waals surface area (Å²) >= 11 is 3.47. The summed E-state index contributed by atoms with van der Waals surface area (Å²) in [7, 11) is 0. The second-order valence-corrected chi connectivity index (χ2v) is 4.08. The first-order valence-corrected chi connectivity index (χ1v) is 5.69. The number of aromatic nitrogens is 4. The lowest BCUT2D eigenvalue weighted by Gasteiger charge is -2.02. The molecule has 0 amide bonds. The SMILES string of the molecule is CCn1ncc(Cc2cncnc2O)c1Br. The quantitative estimate of drug-likeness (QED) is 0.932. The van der Waals surface area contributed by atoms with Gasteiger partial charge >= 0.3 is 0 Å². The Morgan fingerprint density at radius 2 is 2.19 bits per heavy atom. The third-order valence-corrected chi connectivity index (χ3v) is 3.21. The van der Waals surface area contributed by atoms with E-state index in [0.717, 1.165) is 16.7 Å². The van der Waals surface area contributed by atoms with Crippen molar-refractivity contribution >= 4 is 15.9 Å². The second-order valence-electron chi connectivity index (χ2n) is 3.32. The molecule has 0 atom stereocenters. The topological polar surface area (TPSA) is 63.8 Å². The molecule has 0 saturated carbocycles. The van der Waals surface area contributed by atoms with Gasteiger partial charge in [0.1, 0.15) is 10.9 Å². The average molecular weight is 283 g/mol. The van der Waals surface area contributed by atoms with E-state index in [0.29, 0.717) is 12.0 Å². The first kappa shape index (κ1) is 11.1. The lowest BCUT2D eigenvalue weighted by Crippen LogP contribution is -1.97. The first-order chi connectivity index (χ1) is 7.72. The zero-order valence-corrected chi connectivity index (χ0v) is 10.3. The molecule has 0 fully saturated rings. The van der Waals surface area contributed by atoms with Crippen molar-refractivity contribution in [2.24, 2.45) is 0 Å². The Labute approximate surface area is 101 Å². The predicted octanol–water partition coefficient (Wildman–Crippen LogP) is 1.75. The Hall–Kier alpha value is -1.43. The number of hydrogen-bond donors (Lipinski definition) is 1. The van der Waals surface area contributed by atoms with Gasteiger partial charge in [0.05, 0.1) is 6.20 Å². The van der Waals surface area contributed by atoms with Crippen molar-refractivity contribution < 1.29 is 5.11 Å². The lowest BCUT2D eigenvalue weighted by molar-refractivity contribution is 0.445. The molecule has 0 aromatic carbocycles. The maximum Gasteiger partial charge on any atom is 0.217 e. The van der Waals surface area contributed by atoms with Gasteiger partial charge in [-0.1, -0.05) is 0 Å². The maximum atomic E-state index is 9.53. The molecule has 2 aromatic heterocycles. The zero-order valence-electron chi connectivity index (χ0n) is 8.76. The van der Waals surface area contributed by atoms with Crippen LogP contribution in [-0.2, 0) is 13.0 Å². The molecular formula is C10H11BrN4O. The third-order valence-electron chi connectivity index (χ3n) is 2.29. The molecule has 0 aliphatic carbocycles. The minimum absolute atomic E-state index is 0.0196. The molecule has 6 heteroatoms. The average Bonchev–Trinajstić information content (AvgIpc) is 2.63. The summed E-state index contributed by atoms with van der Waals surface area (Å²) in [4.78, 5) is 7.62. The van der Waals surface area contributed by atoms with Crippen LogP contribution in [0, 0.1) is 0 Å². The van der Waals surface area contributed by atoms with Crippen LogP contribution >= 0.6 is 15.9 Å². The number of halogens is 1. The number of aromatic hydroxyl groups is 1. The fourth-order valence-electron chi connectivity index (χ4n) is 1.43. The molecule has 0 bridgehead atoms. The molecule has 16 heavy (non-hydrogen) atoms. The molecule has 84 valence electrons. The smallest absolute Gasteiger partial charge is 0.217 e. The van der Waals surface area contributed by atoms with Crippen molar-refractivity contribution in [2.75, 3.05) is 0 Å². The number of hydrogen-bond acceptors (Lipinski definition) is 4. The minimum Gasteiger partial charge on any atom is -0.493 e. The van der Waals surface area contributed by atoms with Crippen molar-refractivity contribution in [3.8, 4) is 5.88 Å². The van der Waals surface area contributed by atoms with Gasteiger partial charge in [-0.05, 0) is 22.9 Å². The van der Waals surface area contributed by atoms with Crippen LogP contribution in [0.1, 0.15) is 18.1 Å². The fourth-order valence-corrected chi connectivity index (χ4v) is 2.01. The highest BCUT2D eigenvalue weighted by molar-refractivity contribution is 9.10. The molecular weight excluding hydrogens is 272 g/mol. The Morgan fingerprint density at radius 1 is 1.38 bits per heavy atom. The highest BCUT2D eigenvalue weighted by Gasteiger charge is 2.10. The van der Waals surface area contributed by atoms with E-state index in [-0.39, 0.29) is 5.88 Å². The Bertz CT molecular complexity index is 497. The Kier molecular flexibility index (Phi) is 3.19. The van der Waals surface area contributed by atoms with E-state index >= 15 is 0 Å². The van der Waals surface area contributed by atoms with Gasteiger partial charge in [-0.15, -0.1) is 0 Å². The van der Waals surface area contributed by atoms with Crippen molar-refractivity contribution in [3.05, 3.63) is 34.5 Å². The van der Waals surface area contributed by atoms with E-state index in [1.54, 1.807) is 12.4 Å². The van der Waals surface area contributed by atoms with Crippen LogP contribution < -0.4 is 0 Å². The highest BCUT2D eigenvalue weighted by Crippen LogP contribution is 2.22. The van der Waals surface area contributed by atoms with Gasteiger partial charge in [0, 0.05) is 30.3 Å². The van der Waals surface area contributed by atoms with E-state index in [4.69, 9.17) is 0 Å².